The fourth-order valence-electron chi connectivity index (χ4n) is 12.8. The van der Waals surface area contributed by atoms with Gasteiger partial charge in [-0.15, -0.1) is 0 Å². The highest BCUT2D eigenvalue weighted by atomic mass is 15.2. The number of piperidine rings is 1. The highest BCUT2D eigenvalue weighted by Gasteiger charge is 2.38. The van der Waals surface area contributed by atoms with Crippen molar-refractivity contribution in [1.82, 2.24) is 4.90 Å². The van der Waals surface area contributed by atoms with Gasteiger partial charge in [0.25, 0.3) is 0 Å². The Balaban J connectivity index is 0.779. The Morgan fingerprint density at radius 2 is 0.450 bits per heavy atom. The van der Waals surface area contributed by atoms with E-state index in [2.05, 4.69) is 4.90 Å². The molecular weight excluding hydrogens is 482 g/mol. The summed E-state index contributed by atoms with van der Waals surface area (Å²) >= 11 is 0. The van der Waals surface area contributed by atoms with Crippen molar-refractivity contribution in [2.75, 3.05) is 13.1 Å². The lowest BCUT2D eigenvalue weighted by Gasteiger charge is -2.45. The van der Waals surface area contributed by atoms with Gasteiger partial charge in [-0.3, -0.25) is 0 Å². The third-order valence-corrected chi connectivity index (χ3v) is 15.4. The maximum absolute atomic E-state index is 2.98. The lowest BCUT2D eigenvalue weighted by molar-refractivity contribution is 0.0471. The molecule has 0 radical (unpaired) electrons. The molecule has 0 aromatic carbocycles. The van der Waals surface area contributed by atoms with Crippen LogP contribution in [0.4, 0.5) is 0 Å². The molecule has 0 aromatic rings. The molecule has 0 atom stereocenters. The van der Waals surface area contributed by atoms with Crippen molar-refractivity contribution >= 4 is 0 Å². The Morgan fingerprint density at radius 1 is 0.225 bits per heavy atom. The highest BCUT2D eigenvalue weighted by molar-refractivity contribution is 4.91. The standard InChI is InChI=1S/C39H67N/c1-2-6-29(5-1)31-9-13-33(14-10-31)34-17-19-36(20-18-34)38-25-27-40(28-26-38)39-23-21-37(22-24-39)35-15-11-32(12-16-35)30-7-3-4-8-30/h29-39H,1-28H2. The van der Waals surface area contributed by atoms with Gasteiger partial charge in [-0.2, -0.15) is 0 Å². The molecule has 1 nitrogen and oxygen atoms in total. The largest absolute Gasteiger partial charge is 0.300 e. The molecule has 1 saturated heterocycles. The van der Waals surface area contributed by atoms with Gasteiger partial charge in [0.2, 0.25) is 0 Å². The van der Waals surface area contributed by atoms with Gasteiger partial charge in [-0.05, 0) is 188 Å². The molecule has 0 N–H and O–H groups in total. The summed E-state index contributed by atoms with van der Waals surface area (Å²) < 4.78 is 0. The first-order chi connectivity index (χ1) is 19.8. The number of rotatable bonds is 6. The van der Waals surface area contributed by atoms with Crippen LogP contribution >= 0.6 is 0 Å². The van der Waals surface area contributed by atoms with Crippen LogP contribution in [-0.4, -0.2) is 24.0 Å². The van der Waals surface area contributed by atoms with E-state index in [4.69, 9.17) is 0 Å². The van der Waals surface area contributed by atoms with Crippen LogP contribution in [0.2, 0.25) is 0 Å². The van der Waals surface area contributed by atoms with Gasteiger partial charge >= 0.3 is 0 Å². The zero-order valence-electron chi connectivity index (χ0n) is 26.6. The SMILES string of the molecule is C1CCC(C2CCC(C3CCC(C4CCN(C5CCC(C6CCC(C7CCCC7)CC6)CC5)CC4)CC3)CC2)C1. The van der Waals surface area contributed by atoms with E-state index in [1.807, 2.05) is 0 Å². The molecule has 6 saturated carbocycles. The van der Waals surface area contributed by atoms with Gasteiger partial charge < -0.3 is 4.90 Å². The first kappa shape index (κ1) is 28.7. The predicted molar refractivity (Wildman–Crippen MR) is 170 cm³/mol. The molecule has 6 aliphatic carbocycles. The van der Waals surface area contributed by atoms with Crippen molar-refractivity contribution in [2.24, 2.45) is 59.2 Å². The fourth-order valence-corrected chi connectivity index (χ4v) is 12.8. The van der Waals surface area contributed by atoms with Crippen molar-refractivity contribution < 1.29 is 0 Å². The summed E-state index contributed by atoms with van der Waals surface area (Å²) in [4.78, 5) is 2.98. The van der Waals surface area contributed by atoms with Crippen LogP contribution in [0.25, 0.3) is 0 Å². The zero-order chi connectivity index (χ0) is 26.7. The van der Waals surface area contributed by atoms with E-state index < -0.39 is 0 Å². The van der Waals surface area contributed by atoms with Gasteiger partial charge in [-0.1, -0.05) is 51.4 Å². The van der Waals surface area contributed by atoms with Gasteiger partial charge in [0.15, 0.2) is 0 Å². The molecule has 7 aliphatic rings. The molecular formula is C39H67N. The highest BCUT2D eigenvalue weighted by Crippen LogP contribution is 2.48. The molecule has 0 spiro atoms. The average molecular weight is 550 g/mol. The first-order valence-electron chi connectivity index (χ1n) is 19.5. The van der Waals surface area contributed by atoms with Crippen molar-refractivity contribution in [2.45, 2.75) is 173 Å². The van der Waals surface area contributed by atoms with Crippen molar-refractivity contribution in [3.05, 3.63) is 0 Å². The molecule has 7 fully saturated rings. The van der Waals surface area contributed by atoms with Gasteiger partial charge in [-0.25, -0.2) is 0 Å². The van der Waals surface area contributed by atoms with Gasteiger partial charge in [0, 0.05) is 6.04 Å². The Morgan fingerprint density at radius 3 is 0.750 bits per heavy atom. The fraction of sp³-hybridized carbons (Fsp3) is 1.00. The summed E-state index contributed by atoms with van der Waals surface area (Å²) in [5.74, 6) is 11.1. The van der Waals surface area contributed by atoms with Crippen molar-refractivity contribution in [1.29, 1.82) is 0 Å². The molecule has 0 amide bonds. The molecule has 228 valence electrons. The quantitative estimate of drug-likeness (QED) is 0.318. The third kappa shape index (κ3) is 6.70. The number of likely N-dealkylation sites (tertiary alicyclic amines) is 1. The van der Waals surface area contributed by atoms with E-state index in [9.17, 15) is 0 Å². The van der Waals surface area contributed by atoms with Crippen LogP contribution in [0, 0.1) is 59.2 Å². The molecule has 1 aliphatic heterocycles. The molecule has 0 bridgehead atoms. The van der Waals surface area contributed by atoms with E-state index in [0.29, 0.717) is 0 Å². The molecule has 7 rings (SSSR count). The molecule has 1 heterocycles. The second-order valence-corrected chi connectivity index (χ2v) is 17.1. The topological polar surface area (TPSA) is 3.24 Å². The maximum Gasteiger partial charge on any atom is 0.00954 e. The summed E-state index contributed by atoms with van der Waals surface area (Å²) in [5, 5.41) is 0. The van der Waals surface area contributed by atoms with Crippen LogP contribution < -0.4 is 0 Å². The smallest absolute Gasteiger partial charge is 0.00954 e. The van der Waals surface area contributed by atoms with E-state index >= 15 is 0 Å². The van der Waals surface area contributed by atoms with Crippen LogP contribution in [-0.2, 0) is 0 Å². The van der Waals surface area contributed by atoms with Crippen LogP contribution in [0.1, 0.15) is 167 Å². The summed E-state index contributed by atoms with van der Waals surface area (Å²) in [7, 11) is 0. The Bertz CT molecular complexity index is 659. The van der Waals surface area contributed by atoms with E-state index in [1.54, 1.807) is 116 Å². The average Bonchev–Trinajstić information content (AvgIpc) is 3.78. The second kappa shape index (κ2) is 13.7. The van der Waals surface area contributed by atoms with Gasteiger partial charge in [0.1, 0.15) is 0 Å². The predicted octanol–water partition coefficient (Wildman–Crippen LogP) is 11.1. The summed E-state index contributed by atoms with van der Waals surface area (Å²) in [6, 6.07) is 0.946. The van der Waals surface area contributed by atoms with Crippen LogP contribution in [0.3, 0.4) is 0 Å². The Kier molecular flexibility index (Phi) is 9.85. The third-order valence-electron chi connectivity index (χ3n) is 15.4. The maximum atomic E-state index is 2.98. The summed E-state index contributed by atoms with van der Waals surface area (Å²) in [5.41, 5.74) is 0. The molecule has 1 heteroatoms. The normalized spacial score (nSPS) is 43.8. The first-order valence-corrected chi connectivity index (χ1v) is 19.5. The molecule has 0 aromatic heterocycles. The Labute approximate surface area is 249 Å². The van der Waals surface area contributed by atoms with Crippen molar-refractivity contribution in [3.8, 4) is 0 Å². The minimum atomic E-state index is 0.946. The number of hydrogen-bond acceptors (Lipinski definition) is 1. The minimum Gasteiger partial charge on any atom is -0.300 e. The lowest BCUT2D eigenvalue weighted by atomic mass is 9.65. The van der Waals surface area contributed by atoms with Gasteiger partial charge in [0.05, 0.1) is 0 Å². The molecule has 0 unspecified atom stereocenters. The van der Waals surface area contributed by atoms with Crippen molar-refractivity contribution in [3.63, 3.8) is 0 Å². The van der Waals surface area contributed by atoms with Crippen LogP contribution in [0.5, 0.6) is 0 Å². The number of hydrogen-bond donors (Lipinski definition) is 0. The summed E-state index contributed by atoms with van der Waals surface area (Å²) in [6.45, 7) is 2.88. The molecule has 40 heavy (non-hydrogen) atoms. The minimum absolute atomic E-state index is 0.946. The number of nitrogens with zero attached hydrogens (tertiary/aromatic N) is 1. The summed E-state index contributed by atoms with van der Waals surface area (Å²) in [6.07, 6.45) is 40.8. The van der Waals surface area contributed by atoms with Crippen LogP contribution in [0.15, 0.2) is 0 Å². The van der Waals surface area contributed by atoms with E-state index in [1.165, 1.54) is 64.5 Å². The monoisotopic (exact) mass is 550 g/mol. The zero-order valence-corrected chi connectivity index (χ0v) is 26.6. The Hall–Kier alpha value is -0.0400. The lowest BCUT2D eigenvalue weighted by Crippen LogP contribution is -2.45. The second-order valence-electron chi connectivity index (χ2n) is 17.1. The van der Waals surface area contributed by atoms with E-state index in [-0.39, 0.29) is 0 Å². The van der Waals surface area contributed by atoms with E-state index in [0.717, 1.165) is 65.2 Å².